The Hall–Kier alpha value is -2.60. The van der Waals surface area contributed by atoms with Crippen LogP contribution in [0.25, 0.3) is 0 Å². The second-order valence-corrected chi connectivity index (χ2v) is 7.00. The molecule has 0 saturated heterocycles. The predicted molar refractivity (Wildman–Crippen MR) is 103 cm³/mol. The molecule has 0 heterocycles. The second kappa shape index (κ2) is 7.96. The largest absolute Gasteiger partial charge is 0.453 e. The van der Waals surface area contributed by atoms with Gasteiger partial charge in [-0.25, -0.2) is 9.18 Å². The van der Waals surface area contributed by atoms with Crippen molar-refractivity contribution in [2.45, 2.75) is 31.1 Å². The number of carbonyl (C=O) groups excluding carboxylic acids is 2. The summed E-state index contributed by atoms with van der Waals surface area (Å²) in [5.41, 5.74) is 0.527. The van der Waals surface area contributed by atoms with Crippen molar-refractivity contribution in [1.29, 1.82) is 0 Å². The minimum atomic E-state index is -0.788. The van der Waals surface area contributed by atoms with Gasteiger partial charge in [-0.15, -0.1) is 0 Å². The Morgan fingerprint density at radius 2 is 1.85 bits per heavy atom. The lowest BCUT2D eigenvalue weighted by molar-refractivity contribution is -0.121. The maximum atomic E-state index is 13.9. The van der Waals surface area contributed by atoms with Gasteiger partial charge in [0.1, 0.15) is 5.82 Å². The highest BCUT2D eigenvalue weighted by atomic mass is 35.5. The molecule has 0 aliphatic heterocycles. The number of halogens is 2. The Morgan fingerprint density at radius 1 is 1.11 bits per heavy atom. The first-order valence-electron chi connectivity index (χ1n) is 8.67. The van der Waals surface area contributed by atoms with Gasteiger partial charge in [-0.05, 0) is 48.7 Å². The maximum absolute atomic E-state index is 13.9. The Bertz CT molecular complexity index is 866. The highest BCUT2D eigenvalue weighted by Gasteiger charge is 2.42. The molecule has 1 saturated carbocycles. The fraction of sp³-hybridized carbons (Fsp3) is 0.300. The van der Waals surface area contributed by atoms with Crippen molar-refractivity contribution in [3.63, 3.8) is 0 Å². The highest BCUT2D eigenvalue weighted by Crippen LogP contribution is 2.42. The Morgan fingerprint density at radius 3 is 2.52 bits per heavy atom. The van der Waals surface area contributed by atoms with Crippen molar-refractivity contribution in [3.05, 3.63) is 58.9 Å². The molecule has 27 heavy (non-hydrogen) atoms. The van der Waals surface area contributed by atoms with E-state index in [1.807, 2.05) is 18.2 Å². The van der Waals surface area contributed by atoms with Crippen molar-refractivity contribution >= 4 is 35.0 Å². The molecule has 0 unspecified atom stereocenters. The third-order valence-electron chi connectivity index (χ3n) is 4.92. The van der Waals surface area contributed by atoms with Crippen LogP contribution in [0.1, 0.15) is 31.2 Å². The van der Waals surface area contributed by atoms with E-state index in [4.69, 9.17) is 11.6 Å². The number of rotatable bonds is 4. The smallest absolute Gasteiger partial charge is 0.411 e. The summed E-state index contributed by atoms with van der Waals surface area (Å²) in [5, 5.41) is 5.73. The van der Waals surface area contributed by atoms with E-state index in [1.54, 1.807) is 6.07 Å². The first-order chi connectivity index (χ1) is 12.9. The normalized spacial score (nSPS) is 15.2. The van der Waals surface area contributed by atoms with Crippen molar-refractivity contribution in [2.24, 2.45) is 0 Å². The lowest BCUT2D eigenvalue weighted by atomic mass is 9.78. The zero-order valence-electron chi connectivity index (χ0n) is 14.9. The molecule has 3 rings (SSSR count). The van der Waals surface area contributed by atoms with Gasteiger partial charge in [0.2, 0.25) is 5.91 Å². The van der Waals surface area contributed by atoms with Crippen LogP contribution in [0.3, 0.4) is 0 Å². The third kappa shape index (κ3) is 4.06. The van der Waals surface area contributed by atoms with Gasteiger partial charge in [-0.2, -0.15) is 0 Å². The average Bonchev–Trinajstić information content (AvgIpc) is 3.15. The van der Waals surface area contributed by atoms with Crippen LogP contribution in [-0.2, 0) is 14.9 Å². The van der Waals surface area contributed by atoms with Crippen LogP contribution in [0.5, 0.6) is 0 Å². The molecule has 1 fully saturated rings. The summed E-state index contributed by atoms with van der Waals surface area (Å²) in [4.78, 5) is 24.5. The van der Waals surface area contributed by atoms with Crippen molar-refractivity contribution < 1.29 is 18.7 Å². The summed E-state index contributed by atoms with van der Waals surface area (Å²) in [6, 6.07) is 11.3. The number of ether oxygens (including phenoxy) is 1. The minimum absolute atomic E-state index is 0.0668. The van der Waals surface area contributed by atoms with Gasteiger partial charge < -0.3 is 10.1 Å². The molecule has 0 atom stereocenters. The van der Waals surface area contributed by atoms with E-state index in [0.29, 0.717) is 23.6 Å². The lowest BCUT2D eigenvalue weighted by Crippen LogP contribution is -2.38. The van der Waals surface area contributed by atoms with E-state index in [1.165, 1.54) is 25.3 Å². The van der Waals surface area contributed by atoms with Gasteiger partial charge in [0.15, 0.2) is 0 Å². The Labute approximate surface area is 161 Å². The standard InChI is InChI=1S/C20H20ClFN2O3/c1-27-19(26)24-17-12-15(7-8-16(17)22)23-18(25)20(9-2-3-10-20)13-5-4-6-14(21)11-13/h4-8,11-12H,2-3,9-10H2,1H3,(H,23,25)(H,24,26). The highest BCUT2D eigenvalue weighted by molar-refractivity contribution is 6.30. The van der Waals surface area contributed by atoms with Crippen molar-refractivity contribution in [1.82, 2.24) is 0 Å². The van der Waals surface area contributed by atoms with Gasteiger partial charge in [-0.3, -0.25) is 10.1 Å². The summed E-state index contributed by atoms with van der Waals surface area (Å²) in [6.07, 6.45) is 2.53. The minimum Gasteiger partial charge on any atom is -0.453 e. The zero-order chi connectivity index (χ0) is 19.4. The Balaban J connectivity index is 1.87. The zero-order valence-corrected chi connectivity index (χ0v) is 15.6. The van der Waals surface area contributed by atoms with E-state index in [2.05, 4.69) is 15.4 Å². The molecule has 142 valence electrons. The number of carbonyl (C=O) groups is 2. The number of amides is 2. The maximum Gasteiger partial charge on any atom is 0.411 e. The van der Waals surface area contributed by atoms with E-state index in [-0.39, 0.29) is 11.6 Å². The molecule has 2 N–H and O–H groups in total. The summed E-state index contributed by atoms with van der Waals surface area (Å²) in [6.45, 7) is 0. The molecule has 2 amide bonds. The first-order valence-corrected chi connectivity index (χ1v) is 9.04. The van der Waals surface area contributed by atoms with Crippen LogP contribution >= 0.6 is 11.6 Å². The molecule has 0 spiro atoms. The lowest BCUT2D eigenvalue weighted by Gasteiger charge is -2.28. The second-order valence-electron chi connectivity index (χ2n) is 6.56. The van der Waals surface area contributed by atoms with Gasteiger partial charge in [0, 0.05) is 10.7 Å². The van der Waals surface area contributed by atoms with E-state index in [0.717, 1.165) is 18.4 Å². The number of hydrogen-bond donors (Lipinski definition) is 2. The van der Waals surface area contributed by atoms with E-state index >= 15 is 0 Å². The molecule has 0 radical (unpaired) electrons. The molecule has 2 aromatic carbocycles. The molecule has 0 aromatic heterocycles. The van der Waals surface area contributed by atoms with Crippen molar-refractivity contribution in [3.8, 4) is 0 Å². The predicted octanol–water partition coefficient (Wildman–Crippen LogP) is 5.11. The molecular weight excluding hydrogens is 371 g/mol. The molecular formula is C20H20ClFN2O3. The van der Waals surface area contributed by atoms with Gasteiger partial charge in [0.25, 0.3) is 0 Å². The monoisotopic (exact) mass is 390 g/mol. The molecule has 1 aliphatic rings. The average molecular weight is 391 g/mol. The molecule has 1 aliphatic carbocycles. The van der Waals surface area contributed by atoms with Gasteiger partial charge in [0.05, 0.1) is 18.2 Å². The quantitative estimate of drug-likeness (QED) is 0.762. The summed E-state index contributed by atoms with van der Waals surface area (Å²) >= 11 is 6.13. The van der Waals surface area contributed by atoms with Crippen molar-refractivity contribution in [2.75, 3.05) is 17.7 Å². The van der Waals surface area contributed by atoms with E-state index in [9.17, 15) is 14.0 Å². The summed E-state index contributed by atoms with van der Waals surface area (Å²) in [7, 11) is 1.19. The fourth-order valence-corrected chi connectivity index (χ4v) is 3.71. The van der Waals surface area contributed by atoms with E-state index < -0.39 is 17.3 Å². The third-order valence-corrected chi connectivity index (χ3v) is 5.15. The number of benzene rings is 2. The topological polar surface area (TPSA) is 67.4 Å². The van der Waals surface area contributed by atoms with Crippen LogP contribution < -0.4 is 10.6 Å². The van der Waals surface area contributed by atoms with Crippen LogP contribution in [0, 0.1) is 5.82 Å². The molecule has 7 heteroatoms. The van der Waals surface area contributed by atoms with Crippen LogP contribution in [0.2, 0.25) is 5.02 Å². The first kappa shape index (κ1) is 19.2. The van der Waals surface area contributed by atoms with Crippen LogP contribution in [0.15, 0.2) is 42.5 Å². The molecule has 5 nitrogen and oxygen atoms in total. The summed E-state index contributed by atoms with van der Waals surface area (Å²) < 4.78 is 18.4. The fourth-order valence-electron chi connectivity index (χ4n) is 3.52. The van der Waals surface area contributed by atoms with Crippen LogP contribution in [0.4, 0.5) is 20.6 Å². The van der Waals surface area contributed by atoms with Gasteiger partial charge >= 0.3 is 6.09 Å². The molecule has 2 aromatic rings. The van der Waals surface area contributed by atoms with Crippen LogP contribution in [-0.4, -0.2) is 19.1 Å². The number of anilines is 2. The number of hydrogen-bond acceptors (Lipinski definition) is 3. The molecule has 0 bridgehead atoms. The number of nitrogens with one attached hydrogen (secondary N) is 2. The SMILES string of the molecule is COC(=O)Nc1cc(NC(=O)C2(c3cccc(Cl)c3)CCCC2)ccc1F. The van der Waals surface area contributed by atoms with Gasteiger partial charge in [-0.1, -0.05) is 36.6 Å². The number of methoxy groups -OCH3 is 1. The summed E-state index contributed by atoms with van der Waals surface area (Å²) in [5.74, 6) is -0.790. The Kier molecular flexibility index (Phi) is 5.65.